The van der Waals surface area contributed by atoms with Crippen molar-refractivity contribution in [2.45, 2.75) is 64.5 Å². The molecule has 3 aromatic carbocycles. The number of nitrogens with one attached hydrogen (secondary N) is 1. The number of aliphatic hydroxyl groups is 1. The van der Waals surface area contributed by atoms with E-state index in [2.05, 4.69) is 37.1 Å². The molecule has 2 N–H and O–H groups in total. The highest BCUT2D eigenvalue weighted by Crippen LogP contribution is 2.39. The van der Waals surface area contributed by atoms with E-state index >= 15 is 0 Å². The average molecular weight is 558 g/mol. The van der Waals surface area contributed by atoms with Crippen LogP contribution in [0.25, 0.3) is 0 Å². The Labute approximate surface area is 242 Å². The molecule has 216 valence electrons. The van der Waals surface area contributed by atoms with Crippen molar-refractivity contribution < 1.29 is 19.1 Å². The number of rotatable bonds is 5. The Balaban J connectivity index is 1.48. The minimum atomic E-state index is -0.555. The molecule has 41 heavy (non-hydrogen) atoms. The van der Waals surface area contributed by atoms with Gasteiger partial charge in [-0.25, -0.2) is 4.39 Å². The highest BCUT2D eigenvalue weighted by Gasteiger charge is 2.40. The van der Waals surface area contributed by atoms with Crippen LogP contribution in [0.2, 0.25) is 0 Å². The van der Waals surface area contributed by atoms with E-state index < -0.39 is 23.7 Å². The van der Waals surface area contributed by atoms with Crippen LogP contribution in [-0.2, 0) is 10.2 Å². The maximum Gasteiger partial charge on any atom is 0.257 e. The van der Waals surface area contributed by atoms with Gasteiger partial charge in [0.25, 0.3) is 5.91 Å². The summed E-state index contributed by atoms with van der Waals surface area (Å²) in [6.45, 7) is 9.97. The topological polar surface area (TPSA) is 72.9 Å². The fourth-order valence-corrected chi connectivity index (χ4v) is 6.02. The first-order chi connectivity index (χ1) is 19.5. The molecule has 2 aliphatic rings. The molecule has 2 saturated heterocycles. The first-order valence-electron chi connectivity index (χ1n) is 14.5. The predicted molar refractivity (Wildman–Crippen MR) is 161 cm³/mol. The van der Waals surface area contributed by atoms with Gasteiger partial charge in [0.2, 0.25) is 5.91 Å². The molecule has 3 atom stereocenters. The summed E-state index contributed by atoms with van der Waals surface area (Å²) in [7, 11) is 0. The molecule has 2 aliphatic heterocycles. The zero-order chi connectivity index (χ0) is 29.3. The summed E-state index contributed by atoms with van der Waals surface area (Å²) in [4.78, 5) is 31.5. The molecule has 0 saturated carbocycles. The second-order valence-electron chi connectivity index (χ2n) is 12.5. The first-order valence-corrected chi connectivity index (χ1v) is 14.5. The third kappa shape index (κ3) is 6.30. The molecule has 3 aromatic rings. The van der Waals surface area contributed by atoms with Crippen LogP contribution in [-0.4, -0.2) is 47.6 Å². The summed E-state index contributed by atoms with van der Waals surface area (Å²) in [5, 5.41) is 13.1. The molecule has 3 unspecified atom stereocenters. The number of nitrogens with zero attached hydrogens (tertiary/aromatic N) is 2. The van der Waals surface area contributed by atoms with Crippen LogP contribution in [0, 0.1) is 18.7 Å². The van der Waals surface area contributed by atoms with Gasteiger partial charge in [-0.15, -0.1) is 0 Å². The van der Waals surface area contributed by atoms with Crippen LogP contribution >= 0.6 is 0 Å². The highest BCUT2D eigenvalue weighted by atomic mass is 19.1. The van der Waals surface area contributed by atoms with Crippen molar-refractivity contribution in [2.75, 3.05) is 29.9 Å². The fraction of sp³-hybridized carbons (Fsp3) is 0.412. The summed E-state index contributed by atoms with van der Waals surface area (Å²) in [6, 6.07) is 19.9. The molecule has 0 spiro atoms. The molecule has 0 aliphatic carbocycles. The number of carbonyl (C=O) groups is 2. The summed E-state index contributed by atoms with van der Waals surface area (Å²) in [5.41, 5.74) is 4.35. The number of aryl methyl sites for hydroxylation is 1. The Hall–Kier alpha value is -3.71. The summed E-state index contributed by atoms with van der Waals surface area (Å²) in [6.07, 6.45) is 1.64. The molecule has 0 radical (unpaired) electrons. The van der Waals surface area contributed by atoms with Gasteiger partial charge < -0.3 is 20.2 Å². The Morgan fingerprint density at radius 1 is 0.976 bits per heavy atom. The van der Waals surface area contributed by atoms with Crippen LogP contribution in [0.4, 0.5) is 15.8 Å². The van der Waals surface area contributed by atoms with Gasteiger partial charge in [0.05, 0.1) is 23.6 Å². The predicted octanol–water partition coefficient (Wildman–Crippen LogP) is 6.23. The van der Waals surface area contributed by atoms with E-state index in [0.29, 0.717) is 25.9 Å². The lowest BCUT2D eigenvalue weighted by Crippen LogP contribution is -2.46. The number of β-amino-alcohol motifs (C(OH)–C–C–N with tert-alkyl or cyclic N) is 1. The quantitative estimate of drug-likeness (QED) is 0.390. The molecule has 2 amide bonds. The van der Waals surface area contributed by atoms with Gasteiger partial charge in [0, 0.05) is 31.0 Å². The Morgan fingerprint density at radius 2 is 1.73 bits per heavy atom. The van der Waals surface area contributed by atoms with E-state index in [-0.39, 0.29) is 23.0 Å². The Bertz CT molecular complexity index is 1420. The molecule has 6 nitrogen and oxygen atoms in total. The van der Waals surface area contributed by atoms with Crippen molar-refractivity contribution in [1.82, 2.24) is 4.90 Å². The number of benzene rings is 3. The number of anilines is 2. The summed E-state index contributed by atoms with van der Waals surface area (Å²) < 4.78 is 15.0. The minimum absolute atomic E-state index is 0.0159. The first kappa shape index (κ1) is 28.8. The van der Waals surface area contributed by atoms with E-state index in [1.54, 1.807) is 17.9 Å². The number of hydrogen-bond acceptors (Lipinski definition) is 4. The third-order valence-electron chi connectivity index (χ3n) is 8.34. The number of aliphatic hydroxyl groups excluding tert-OH is 1. The van der Waals surface area contributed by atoms with Crippen LogP contribution in [0.3, 0.4) is 0 Å². The lowest BCUT2D eigenvalue weighted by Gasteiger charge is -2.41. The van der Waals surface area contributed by atoms with Crippen LogP contribution < -0.4 is 10.2 Å². The average Bonchev–Trinajstić information content (AvgIpc) is 3.38. The van der Waals surface area contributed by atoms with E-state index in [9.17, 15) is 19.1 Å². The van der Waals surface area contributed by atoms with Crippen LogP contribution in [0.5, 0.6) is 0 Å². The van der Waals surface area contributed by atoms with Crippen molar-refractivity contribution in [3.8, 4) is 0 Å². The molecule has 2 fully saturated rings. The summed E-state index contributed by atoms with van der Waals surface area (Å²) >= 11 is 0. The normalized spacial score (nSPS) is 21.2. The van der Waals surface area contributed by atoms with Gasteiger partial charge in [-0.05, 0) is 84.7 Å². The maximum atomic E-state index is 15.0. The monoisotopic (exact) mass is 557 g/mol. The highest BCUT2D eigenvalue weighted by molar-refractivity contribution is 5.97. The van der Waals surface area contributed by atoms with Gasteiger partial charge in [-0.2, -0.15) is 0 Å². The largest absolute Gasteiger partial charge is 0.391 e. The van der Waals surface area contributed by atoms with Crippen molar-refractivity contribution in [1.29, 1.82) is 0 Å². The molecule has 5 rings (SSSR count). The van der Waals surface area contributed by atoms with E-state index in [1.165, 1.54) is 12.1 Å². The number of halogens is 1. The van der Waals surface area contributed by atoms with Gasteiger partial charge in [0.1, 0.15) is 5.82 Å². The van der Waals surface area contributed by atoms with Gasteiger partial charge in [-0.3, -0.25) is 9.59 Å². The molecular formula is C34H40FN3O3. The number of hydrogen-bond donors (Lipinski definition) is 2. The summed E-state index contributed by atoms with van der Waals surface area (Å²) in [5.74, 6) is -1.64. The molecular weight excluding hydrogens is 517 g/mol. The van der Waals surface area contributed by atoms with Gasteiger partial charge in [0.15, 0.2) is 0 Å². The second-order valence-corrected chi connectivity index (χ2v) is 12.5. The fourth-order valence-electron chi connectivity index (χ4n) is 6.02. The number of carbonyl (C=O) groups excluding carboxylic acids is 2. The van der Waals surface area contributed by atoms with Crippen molar-refractivity contribution >= 4 is 23.2 Å². The number of amides is 2. The second kappa shape index (κ2) is 11.6. The van der Waals surface area contributed by atoms with E-state index in [4.69, 9.17) is 0 Å². The molecule has 7 heteroatoms. The van der Waals surface area contributed by atoms with Gasteiger partial charge >= 0.3 is 0 Å². The van der Waals surface area contributed by atoms with Crippen molar-refractivity contribution in [3.63, 3.8) is 0 Å². The Morgan fingerprint density at radius 3 is 2.39 bits per heavy atom. The maximum absolute atomic E-state index is 15.0. The third-order valence-corrected chi connectivity index (χ3v) is 8.34. The zero-order valence-electron chi connectivity index (χ0n) is 24.4. The van der Waals surface area contributed by atoms with E-state index in [1.807, 2.05) is 42.5 Å². The zero-order valence-corrected chi connectivity index (χ0v) is 24.4. The molecule has 0 bridgehead atoms. The van der Waals surface area contributed by atoms with Crippen LogP contribution in [0.15, 0.2) is 66.7 Å². The minimum Gasteiger partial charge on any atom is -0.391 e. The van der Waals surface area contributed by atoms with Crippen LogP contribution in [0.1, 0.15) is 73.1 Å². The molecule has 2 heterocycles. The lowest BCUT2D eigenvalue weighted by molar-refractivity contribution is -0.123. The molecule has 0 aromatic heterocycles. The SMILES string of the molecule is Cc1ccc(C(=O)N2CCCC(C(=O)Nc3cccc(C(C)(C)C)c3)C2c2ccc(N3CCC(O)C3)cc2)c(F)c1. The number of piperidine rings is 1. The standard InChI is InChI=1S/C34H40FN3O3/c1-22-10-15-28(30(35)19-22)33(41)38-17-6-9-29(32(40)36-25-8-5-7-24(20-25)34(2,3)4)31(38)23-11-13-26(14-12-23)37-18-16-27(39)21-37/h5,7-8,10-15,19-20,27,29,31,39H,6,9,16-18,21H2,1-4H3,(H,36,40). The Kier molecular flexibility index (Phi) is 8.18. The van der Waals surface area contributed by atoms with Crippen molar-refractivity contribution in [3.05, 3.63) is 94.8 Å². The lowest BCUT2D eigenvalue weighted by atomic mass is 9.83. The van der Waals surface area contributed by atoms with Crippen molar-refractivity contribution in [2.24, 2.45) is 5.92 Å². The van der Waals surface area contributed by atoms with Gasteiger partial charge in [-0.1, -0.05) is 51.1 Å². The smallest absolute Gasteiger partial charge is 0.257 e. The van der Waals surface area contributed by atoms with E-state index in [0.717, 1.165) is 41.0 Å². The number of likely N-dealkylation sites (tertiary alicyclic amines) is 1.